The third kappa shape index (κ3) is 5.96. The number of benzene rings is 2. The predicted molar refractivity (Wildman–Crippen MR) is 139 cm³/mol. The van der Waals surface area contributed by atoms with Crippen molar-refractivity contribution >= 4 is 35.1 Å². The Labute approximate surface area is 209 Å². The summed E-state index contributed by atoms with van der Waals surface area (Å²) in [6.07, 6.45) is 1.16. The van der Waals surface area contributed by atoms with Crippen molar-refractivity contribution in [2.24, 2.45) is 0 Å². The summed E-state index contributed by atoms with van der Waals surface area (Å²) in [6.45, 7) is 4.14. The van der Waals surface area contributed by atoms with Crippen molar-refractivity contribution in [2.45, 2.75) is 13.5 Å². The van der Waals surface area contributed by atoms with Gasteiger partial charge in [-0.2, -0.15) is 0 Å². The molecule has 2 amide bonds. The number of nitrogens with zero attached hydrogens (tertiary/aromatic N) is 2. The number of nitrogens with one attached hydrogen (secondary N) is 2. The highest BCUT2D eigenvalue weighted by molar-refractivity contribution is 7.12. The van der Waals surface area contributed by atoms with E-state index in [1.165, 1.54) is 11.3 Å². The summed E-state index contributed by atoms with van der Waals surface area (Å²) in [4.78, 5) is 30.7. The van der Waals surface area contributed by atoms with Crippen molar-refractivity contribution in [2.75, 3.05) is 31.5 Å². The topological polar surface area (TPSA) is 85.7 Å². The number of anilines is 1. The van der Waals surface area contributed by atoms with Crippen LogP contribution in [0.2, 0.25) is 0 Å². The molecular weight excluding hydrogens is 460 g/mol. The van der Waals surface area contributed by atoms with Crippen LogP contribution < -0.4 is 5.32 Å². The van der Waals surface area contributed by atoms with Gasteiger partial charge in [0, 0.05) is 38.1 Å². The lowest BCUT2D eigenvalue weighted by atomic mass is 10.2. The molecule has 1 saturated heterocycles. The fourth-order valence-corrected chi connectivity index (χ4v) is 4.77. The first-order chi connectivity index (χ1) is 17.1. The van der Waals surface area contributed by atoms with Gasteiger partial charge >= 0.3 is 0 Å². The zero-order chi connectivity index (χ0) is 24.6. The Morgan fingerprint density at radius 3 is 2.20 bits per heavy atom. The minimum absolute atomic E-state index is 0.0277. The molecule has 0 atom stereocenters. The number of thiophene rings is 1. The van der Waals surface area contributed by atoms with Crippen molar-refractivity contribution in [1.29, 1.82) is 5.41 Å². The molecule has 0 spiro atoms. The maximum atomic E-state index is 13.3. The monoisotopic (exact) mass is 488 g/mol. The van der Waals surface area contributed by atoms with Crippen LogP contribution in [-0.4, -0.2) is 54.0 Å². The second kappa shape index (κ2) is 11.5. The van der Waals surface area contributed by atoms with Crippen molar-refractivity contribution in [1.82, 2.24) is 9.80 Å². The highest BCUT2D eigenvalue weighted by Gasteiger charge is 2.28. The smallest absolute Gasteiger partial charge is 0.293 e. The Kier molecular flexibility index (Phi) is 7.95. The number of rotatable bonds is 8. The van der Waals surface area contributed by atoms with Crippen molar-refractivity contribution in [3.63, 3.8) is 0 Å². The van der Waals surface area contributed by atoms with Crippen LogP contribution in [0.15, 0.2) is 83.6 Å². The number of carbonyl (C=O) groups excluding carboxylic acids is 2. The van der Waals surface area contributed by atoms with Gasteiger partial charge in [0.05, 0.1) is 4.88 Å². The fourth-order valence-electron chi connectivity index (χ4n) is 3.88. The zero-order valence-electron chi connectivity index (χ0n) is 19.6. The van der Waals surface area contributed by atoms with Crippen LogP contribution in [0.1, 0.15) is 20.8 Å². The number of hydrogen-bond acceptors (Lipinski definition) is 6. The van der Waals surface area contributed by atoms with Gasteiger partial charge in [-0.1, -0.05) is 48.5 Å². The normalized spacial score (nSPS) is 14.2. The van der Waals surface area contributed by atoms with E-state index < -0.39 is 5.91 Å². The van der Waals surface area contributed by atoms with Gasteiger partial charge in [0.15, 0.2) is 0 Å². The van der Waals surface area contributed by atoms with Crippen molar-refractivity contribution < 1.29 is 14.3 Å². The summed E-state index contributed by atoms with van der Waals surface area (Å²) in [5.41, 5.74) is 2.94. The van der Waals surface area contributed by atoms with Crippen LogP contribution in [0.4, 0.5) is 5.69 Å². The van der Waals surface area contributed by atoms with E-state index in [0.717, 1.165) is 22.2 Å². The minimum Gasteiger partial charge on any atom is -0.481 e. The number of piperazine rings is 1. The lowest BCUT2D eigenvalue weighted by molar-refractivity contribution is -0.116. The largest absolute Gasteiger partial charge is 0.481 e. The molecule has 0 aliphatic carbocycles. The third-order valence-corrected chi connectivity index (χ3v) is 6.80. The average Bonchev–Trinajstić information content (AvgIpc) is 3.33. The summed E-state index contributed by atoms with van der Waals surface area (Å²) in [7, 11) is 0. The predicted octanol–water partition coefficient (Wildman–Crippen LogP) is 4.53. The van der Waals surface area contributed by atoms with E-state index in [0.29, 0.717) is 37.6 Å². The SMILES string of the molecule is Cc1ccsc1C(=O)N1CCN(/C(C=N)=C(\OCc2ccccc2)C(=O)Nc2ccccc2)CC1. The fraction of sp³-hybridized carbons (Fsp3) is 0.222. The Balaban J connectivity index is 1.53. The molecule has 1 aromatic heterocycles. The molecule has 0 unspecified atom stereocenters. The highest BCUT2D eigenvalue weighted by Crippen LogP contribution is 2.21. The van der Waals surface area contributed by atoms with Gasteiger partial charge in [-0.25, -0.2) is 0 Å². The van der Waals surface area contributed by atoms with E-state index >= 15 is 0 Å². The second-order valence-corrected chi connectivity index (χ2v) is 9.08. The number of carbonyl (C=O) groups is 2. The Bertz CT molecular complexity index is 1200. The van der Waals surface area contributed by atoms with E-state index in [1.54, 1.807) is 12.1 Å². The van der Waals surface area contributed by atoms with Gasteiger partial charge in [0.1, 0.15) is 12.3 Å². The summed E-state index contributed by atoms with van der Waals surface area (Å²) in [5, 5.41) is 12.9. The molecule has 1 aliphatic rings. The molecule has 1 aliphatic heterocycles. The lowest BCUT2D eigenvalue weighted by Crippen LogP contribution is -2.49. The third-order valence-electron chi connectivity index (χ3n) is 5.80. The Morgan fingerprint density at radius 2 is 1.60 bits per heavy atom. The summed E-state index contributed by atoms with van der Waals surface area (Å²) in [5.74, 6) is -0.306. The van der Waals surface area contributed by atoms with Crippen LogP contribution in [0.25, 0.3) is 0 Å². The van der Waals surface area contributed by atoms with Crippen molar-refractivity contribution in [3.05, 3.63) is 99.6 Å². The number of hydrogen-bond donors (Lipinski definition) is 2. The molecule has 180 valence electrons. The van der Waals surface area contributed by atoms with E-state index in [9.17, 15) is 9.59 Å². The van der Waals surface area contributed by atoms with E-state index in [1.807, 2.05) is 76.7 Å². The molecule has 0 saturated carbocycles. The Hall–Kier alpha value is -3.91. The lowest BCUT2D eigenvalue weighted by Gasteiger charge is -2.36. The van der Waals surface area contributed by atoms with Gasteiger partial charge in [0.2, 0.25) is 5.76 Å². The molecular formula is C27H28N4O3S. The summed E-state index contributed by atoms with van der Waals surface area (Å²) >= 11 is 1.45. The zero-order valence-corrected chi connectivity index (χ0v) is 20.4. The second-order valence-electron chi connectivity index (χ2n) is 8.17. The van der Waals surface area contributed by atoms with Crippen LogP contribution >= 0.6 is 11.3 Å². The van der Waals surface area contributed by atoms with E-state index in [2.05, 4.69) is 5.32 Å². The molecule has 2 aromatic carbocycles. The maximum absolute atomic E-state index is 13.3. The summed E-state index contributed by atoms with van der Waals surface area (Å²) in [6, 6.07) is 20.7. The number of amides is 2. The molecule has 4 rings (SSSR count). The molecule has 0 radical (unpaired) electrons. The van der Waals surface area contributed by atoms with E-state index in [4.69, 9.17) is 10.1 Å². The molecule has 7 nitrogen and oxygen atoms in total. The molecule has 8 heteroatoms. The number of para-hydroxylation sites is 1. The first kappa shape index (κ1) is 24.2. The molecule has 35 heavy (non-hydrogen) atoms. The number of allylic oxidation sites excluding steroid dienone is 1. The molecule has 3 aromatic rings. The standard InChI is InChI=1S/C27H28N4O3S/c1-20-12-17-35-25(20)27(33)31-15-13-30(14-16-31)23(18-28)24(34-19-21-8-4-2-5-9-21)26(32)29-22-10-6-3-7-11-22/h2-12,17-18,28H,13-16,19H2,1H3,(H,29,32)/b24-23-,28-18?. The molecule has 2 N–H and O–H groups in total. The van der Waals surface area contributed by atoms with Crippen LogP contribution in [0, 0.1) is 12.3 Å². The molecule has 0 bridgehead atoms. The minimum atomic E-state index is -0.418. The van der Waals surface area contributed by atoms with Gasteiger partial charge in [0.25, 0.3) is 11.8 Å². The van der Waals surface area contributed by atoms with Gasteiger partial charge in [-0.15, -0.1) is 11.3 Å². The van der Waals surface area contributed by atoms with Gasteiger partial charge in [-0.05, 0) is 41.6 Å². The quantitative estimate of drug-likeness (QED) is 0.277. The molecule has 1 fully saturated rings. The van der Waals surface area contributed by atoms with E-state index in [-0.39, 0.29) is 18.3 Å². The Morgan fingerprint density at radius 1 is 0.971 bits per heavy atom. The first-order valence-electron chi connectivity index (χ1n) is 11.4. The highest BCUT2D eigenvalue weighted by atomic mass is 32.1. The number of aryl methyl sites for hydroxylation is 1. The van der Waals surface area contributed by atoms with Gasteiger partial charge < -0.3 is 25.3 Å². The van der Waals surface area contributed by atoms with Gasteiger partial charge in [-0.3, -0.25) is 9.59 Å². The van der Waals surface area contributed by atoms with Crippen LogP contribution in [0.5, 0.6) is 0 Å². The number of ether oxygens (including phenoxy) is 1. The first-order valence-corrected chi connectivity index (χ1v) is 12.3. The van der Waals surface area contributed by atoms with Crippen LogP contribution in [-0.2, 0) is 16.1 Å². The summed E-state index contributed by atoms with van der Waals surface area (Å²) < 4.78 is 6.01. The van der Waals surface area contributed by atoms with Crippen LogP contribution in [0.3, 0.4) is 0 Å². The average molecular weight is 489 g/mol. The van der Waals surface area contributed by atoms with Crippen molar-refractivity contribution in [3.8, 4) is 0 Å². The maximum Gasteiger partial charge on any atom is 0.293 e. The molecule has 2 heterocycles.